The normalized spacial score (nSPS) is 11.5. The average molecular weight is 414 g/mol. The number of halogens is 3. The second-order valence-corrected chi connectivity index (χ2v) is 6.14. The van der Waals surface area contributed by atoms with Crippen molar-refractivity contribution in [2.45, 2.75) is 19.7 Å². The molecule has 0 saturated carbocycles. The molecule has 0 N–H and O–H groups in total. The molecule has 4 rings (SSSR count). The summed E-state index contributed by atoms with van der Waals surface area (Å²) in [4.78, 5) is 20.8. The molecular weight excluding hydrogens is 401 g/mol. The summed E-state index contributed by atoms with van der Waals surface area (Å²) in [7, 11) is 0. The van der Waals surface area contributed by atoms with Crippen LogP contribution in [0, 0.1) is 6.92 Å². The van der Waals surface area contributed by atoms with Gasteiger partial charge < -0.3 is 9.26 Å². The van der Waals surface area contributed by atoms with E-state index >= 15 is 0 Å². The van der Waals surface area contributed by atoms with E-state index in [1.54, 1.807) is 13.0 Å². The molecule has 0 saturated heterocycles. The minimum absolute atomic E-state index is 0.0267. The van der Waals surface area contributed by atoms with E-state index in [0.29, 0.717) is 17.2 Å². The van der Waals surface area contributed by atoms with E-state index in [4.69, 9.17) is 9.26 Å². The van der Waals surface area contributed by atoms with Crippen molar-refractivity contribution in [1.29, 1.82) is 0 Å². The zero-order valence-corrected chi connectivity index (χ0v) is 15.5. The number of nitrogens with zero attached hydrogens (tertiary/aromatic N) is 6. The molecule has 0 aliphatic heterocycles. The largest absolute Gasteiger partial charge is 0.467 e. The fourth-order valence-corrected chi connectivity index (χ4v) is 2.54. The summed E-state index contributed by atoms with van der Waals surface area (Å²) < 4.78 is 49.3. The number of rotatable bonds is 5. The highest BCUT2D eigenvalue weighted by molar-refractivity contribution is 5.55. The first-order valence-electron chi connectivity index (χ1n) is 8.63. The van der Waals surface area contributed by atoms with Gasteiger partial charge in [-0.3, -0.25) is 4.98 Å². The Balaban J connectivity index is 1.50. The number of aromatic nitrogens is 6. The van der Waals surface area contributed by atoms with E-state index in [9.17, 15) is 13.2 Å². The van der Waals surface area contributed by atoms with Gasteiger partial charge in [0.25, 0.3) is 5.89 Å². The van der Waals surface area contributed by atoms with Crippen LogP contribution in [0.25, 0.3) is 22.9 Å². The molecule has 3 aromatic heterocycles. The maximum Gasteiger partial charge on any atom is 0.416 e. The summed E-state index contributed by atoms with van der Waals surface area (Å²) in [6, 6.07) is 6.29. The highest BCUT2D eigenvalue weighted by Crippen LogP contribution is 2.31. The van der Waals surface area contributed by atoms with Gasteiger partial charge in [0, 0.05) is 29.7 Å². The monoisotopic (exact) mass is 414 g/mol. The van der Waals surface area contributed by atoms with Gasteiger partial charge in [0.1, 0.15) is 5.69 Å². The van der Waals surface area contributed by atoms with Crippen LogP contribution in [0.3, 0.4) is 0 Å². The highest BCUT2D eigenvalue weighted by atomic mass is 19.4. The predicted molar refractivity (Wildman–Crippen MR) is 96.9 cm³/mol. The summed E-state index contributed by atoms with van der Waals surface area (Å²) in [5.41, 5.74) is 0.518. The molecule has 8 nitrogen and oxygen atoms in total. The van der Waals surface area contributed by atoms with E-state index in [0.717, 1.165) is 12.1 Å². The predicted octanol–water partition coefficient (Wildman–Crippen LogP) is 3.89. The molecule has 0 fully saturated rings. The van der Waals surface area contributed by atoms with Gasteiger partial charge in [-0.1, -0.05) is 17.3 Å². The zero-order chi connectivity index (χ0) is 21.1. The van der Waals surface area contributed by atoms with Crippen LogP contribution in [0.2, 0.25) is 0 Å². The molecule has 0 unspecified atom stereocenters. The lowest BCUT2D eigenvalue weighted by atomic mass is 10.1. The Morgan fingerprint density at radius 1 is 1.03 bits per heavy atom. The molecule has 0 spiro atoms. The van der Waals surface area contributed by atoms with Crippen molar-refractivity contribution in [3.63, 3.8) is 0 Å². The van der Waals surface area contributed by atoms with Crippen LogP contribution < -0.4 is 4.74 Å². The lowest BCUT2D eigenvalue weighted by molar-refractivity contribution is -0.137. The van der Waals surface area contributed by atoms with Gasteiger partial charge in [0.2, 0.25) is 11.7 Å². The van der Waals surface area contributed by atoms with Crippen LogP contribution >= 0.6 is 0 Å². The maximum atomic E-state index is 12.9. The Hall–Kier alpha value is -3.89. The Kier molecular flexibility index (Phi) is 5.09. The molecule has 3 heterocycles. The maximum absolute atomic E-state index is 12.9. The van der Waals surface area contributed by atoms with E-state index in [2.05, 4.69) is 30.1 Å². The van der Waals surface area contributed by atoms with Crippen LogP contribution in [0.4, 0.5) is 13.2 Å². The second-order valence-electron chi connectivity index (χ2n) is 6.14. The number of hydrogen-bond acceptors (Lipinski definition) is 8. The molecule has 0 aliphatic rings. The number of hydrogen-bond donors (Lipinski definition) is 0. The first-order valence-corrected chi connectivity index (χ1v) is 8.63. The standard InChI is InChI=1S/C19H13F3N6O2/c1-11-7-15(26-18(25-11)14-9-23-5-6-24-14)29-10-16-27-17(28-30-16)12-3-2-4-13(8-12)19(20,21)22/h2-9H,10H2,1H3. The lowest BCUT2D eigenvalue weighted by Gasteiger charge is -2.06. The second kappa shape index (κ2) is 7.85. The molecule has 0 radical (unpaired) electrons. The summed E-state index contributed by atoms with van der Waals surface area (Å²) in [6.07, 6.45) is 0.124. The van der Waals surface area contributed by atoms with E-state index < -0.39 is 11.7 Å². The zero-order valence-electron chi connectivity index (χ0n) is 15.5. The van der Waals surface area contributed by atoms with Gasteiger partial charge in [0.15, 0.2) is 12.4 Å². The highest BCUT2D eigenvalue weighted by Gasteiger charge is 2.30. The first-order chi connectivity index (χ1) is 14.4. The van der Waals surface area contributed by atoms with Crippen LogP contribution in [0.15, 0.2) is 53.4 Å². The Bertz CT molecular complexity index is 1160. The molecule has 30 heavy (non-hydrogen) atoms. The molecule has 0 atom stereocenters. The van der Waals surface area contributed by atoms with Crippen LogP contribution in [-0.2, 0) is 12.8 Å². The quantitative estimate of drug-likeness (QED) is 0.485. The van der Waals surface area contributed by atoms with Crippen LogP contribution in [0.1, 0.15) is 17.1 Å². The topological polar surface area (TPSA) is 99.7 Å². The SMILES string of the molecule is Cc1cc(OCc2nc(-c3cccc(C(F)(F)F)c3)no2)nc(-c2cnccn2)n1. The molecule has 0 bridgehead atoms. The summed E-state index contributed by atoms with van der Waals surface area (Å²) in [5, 5.41) is 3.72. The van der Waals surface area contributed by atoms with Gasteiger partial charge in [-0.2, -0.15) is 23.1 Å². The number of benzene rings is 1. The van der Waals surface area contributed by atoms with E-state index in [1.165, 1.54) is 30.7 Å². The summed E-state index contributed by atoms with van der Waals surface area (Å²) in [6.45, 7) is 1.65. The Morgan fingerprint density at radius 3 is 2.67 bits per heavy atom. The summed E-state index contributed by atoms with van der Waals surface area (Å²) >= 11 is 0. The van der Waals surface area contributed by atoms with Crippen molar-refractivity contribution in [2.75, 3.05) is 0 Å². The van der Waals surface area contributed by atoms with Gasteiger partial charge in [-0.15, -0.1) is 0 Å². The van der Waals surface area contributed by atoms with Gasteiger partial charge in [-0.25, -0.2) is 9.97 Å². The van der Waals surface area contributed by atoms with Crippen molar-refractivity contribution in [3.05, 3.63) is 66.1 Å². The minimum Gasteiger partial charge on any atom is -0.467 e. The van der Waals surface area contributed by atoms with Crippen molar-refractivity contribution in [3.8, 4) is 28.8 Å². The smallest absolute Gasteiger partial charge is 0.416 e. The molecule has 1 aromatic carbocycles. The van der Waals surface area contributed by atoms with Gasteiger partial charge >= 0.3 is 6.18 Å². The van der Waals surface area contributed by atoms with Gasteiger partial charge in [0.05, 0.1) is 11.8 Å². The first kappa shape index (κ1) is 19.4. The number of alkyl halides is 3. The molecule has 0 amide bonds. The summed E-state index contributed by atoms with van der Waals surface area (Å²) in [5.74, 6) is 0.703. The third kappa shape index (κ3) is 4.40. The molecular formula is C19H13F3N6O2. The fourth-order valence-electron chi connectivity index (χ4n) is 2.54. The Labute approximate surface area is 167 Å². The van der Waals surface area contributed by atoms with E-state index in [1.807, 2.05) is 0 Å². The average Bonchev–Trinajstić information content (AvgIpc) is 3.21. The lowest BCUT2D eigenvalue weighted by Crippen LogP contribution is -2.04. The van der Waals surface area contributed by atoms with Gasteiger partial charge in [-0.05, 0) is 19.1 Å². The molecule has 0 aliphatic carbocycles. The molecule has 152 valence electrons. The molecule has 4 aromatic rings. The molecule has 11 heteroatoms. The fraction of sp³-hybridized carbons (Fsp3) is 0.158. The van der Waals surface area contributed by atoms with E-state index in [-0.39, 0.29) is 29.8 Å². The minimum atomic E-state index is -4.46. The third-order valence-corrected chi connectivity index (χ3v) is 3.88. The van der Waals surface area contributed by atoms with Crippen molar-refractivity contribution in [2.24, 2.45) is 0 Å². The number of ether oxygens (including phenoxy) is 1. The van der Waals surface area contributed by atoms with Crippen molar-refractivity contribution < 1.29 is 22.4 Å². The third-order valence-electron chi connectivity index (χ3n) is 3.88. The van der Waals surface area contributed by atoms with Crippen LogP contribution in [0.5, 0.6) is 5.88 Å². The Morgan fingerprint density at radius 2 is 1.90 bits per heavy atom. The van der Waals surface area contributed by atoms with Crippen LogP contribution in [-0.4, -0.2) is 30.1 Å². The van der Waals surface area contributed by atoms with Crippen molar-refractivity contribution in [1.82, 2.24) is 30.1 Å². The van der Waals surface area contributed by atoms with Crippen molar-refractivity contribution >= 4 is 0 Å². The number of aryl methyl sites for hydroxylation is 1.